The molecule has 0 spiro atoms. The highest BCUT2D eigenvalue weighted by Gasteiger charge is 2.36. The van der Waals surface area contributed by atoms with Gasteiger partial charge in [0.25, 0.3) is 11.8 Å². The first-order chi connectivity index (χ1) is 9.16. The number of nitrogens with zero attached hydrogens (tertiary/aromatic N) is 1. The van der Waals surface area contributed by atoms with Gasteiger partial charge in [0.15, 0.2) is 0 Å². The van der Waals surface area contributed by atoms with E-state index >= 15 is 0 Å². The van der Waals surface area contributed by atoms with E-state index in [4.69, 9.17) is 5.73 Å². The minimum absolute atomic E-state index is 0. The van der Waals surface area contributed by atoms with Gasteiger partial charge in [-0.2, -0.15) is 0 Å². The lowest BCUT2D eigenvalue weighted by atomic mass is 9.86. The van der Waals surface area contributed by atoms with Gasteiger partial charge < -0.3 is 5.73 Å². The molecule has 0 unspecified atom stereocenters. The number of rotatable bonds is 2. The van der Waals surface area contributed by atoms with Crippen LogP contribution in [0.1, 0.15) is 46.4 Å². The number of nitrogens with two attached hydrogens (primary N) is 1. The maximum Gasteiger partial charge on any atom is 0.261 e. The molecule has 0 aromatic heterocycles. The van der Waals surface area contributed by atoms with Crippen molar-refractivity contribution < 1.29 is 9.59 Å². The van der Waals surface area contributed by atoms with E-state index in [2.05, 4.69) is 0 Å². The number of hydrogen-bond acceptors (Lipinski definition) is 3. The summed E-state index contributed by atoms with van der Waals surface area (Å²) in [5.74, 6) is 0.118. The summed E-state index contributed by atoms with van der Waals surface area (Å²) in [7, 11) is 0. The van der Waals surface area contributed by atoms with E-state index < -0.39 is 0 Å². The van der Waals surface area contributed by atoms with Crippen LogP contribution in [-0.4, -0.2) is 29.3 Å². The molecule has 3 rings (SSSR count). The minimum Gasteiger partial charge on any atom is -0.328 e. The Hall–Kier alpha value is -1.39. The van der Waals surface area contributed by atoms with E-state index in [1.807, 2.05) is 0 Å². The normalized spacial score (nSPS) is 25.4. The average Bonchev–Trinajstić information content (AvgIpc) is 2.67. The second kappa shape index (κ2) is 5.94. The first-order valence-corrected chi connectivity index (χ1v) is 6.87. The van der Waals surface area contributed by atoms with E-state index in [1.54, 1.807) is 24.3 Å². The summed E-state index contributed by atoms with van der Waals surface area (Å²) in [5, 5.41) is 0. The summed E-state index contributed by atoms with van der Waals surface area (Å²) in [6, 6.07) is 7.34. The first kappa shape index (κ1) is 15.0. The van der Waals surface area contributed by atoms with Gasteiger partial charge in [-0.25, -0.2) is 0 Å². The van der Waals surface area contributed by atoms with Gasteiger partial charge in [0.2, 0.25) is 0 Å². The number of carbonyl (C=O) groups is 2. The van der Waals surface area contributed by atoms with Gasteiger partial charge in [-0.15, -0.1) is 12.4 Å². The fourth-order valence-electron chi connectivity index (χ4n) is 3.03. The molecule has 2 N–H and O–H groups in total. The number of fused-ring (bicyclic) bond motifs is 1. The third-order valence-electron chi connectivity index (χ3n) is 4.21. The zero-order valence-corrected chi connectivity index (χ0v) is 12.1. The van der Waals surface area contributed by atoms with Crippen molar-refractivity contribution in [1.82, 2.24) is 4.90 Å². The van der Waals surface area contributed by atoms with Crippen molar-refractivity contribution in [3.05, 3.63) is 35.4 Å². The molecule has 4 nitrogen and oxygen atoms in total. The predicted molar refractivity (Wildman–Crippen MR) is 79.0 cm³/mol. The largest absolute Gasteiger partial charge is 0.328 e. The van der Waals surface area contributed by atoms with Crippen LogP contribution in [0.25, 0.3) is 0 Å². The number of carbonyl (C=O) groups excluding carboxylic acids is 2. The Labute approximate surface area is 124 Å². The van der Waals surface area contributed by atoms with Gasteiger partial charge in [-0.05, 0) is 43.7 Å². The zero-order chi connectivity index (χ0) is 13.4. The van der Waals surface area contributed by atoms with Crippen LogP contribution < -0.4 is 5.73 Å². The Bertz CT molecular complexity index is 489. The smallest absolute Gasteiger partial charge is 0.261 e. The van der Waals surface area contributed by atoms with Crippen molar-refractivity contribution in [2.75, 3.05) is 6.54 Å². The Kier molecular flexibility index (Phi) is 4.45. The van der Waals surface area contributed by atoms with Crippen molar-refractivity contribution in [3.8, 4) is 0 Å². The highest BCUT2D eigenvalue weighted by Crippen LogP contribution is 2.28. The fraction of sp³-hybridized carbons (Fsp3) is 0.467. The molecule has 5 heteroatoms. The van der Waals surface area contributed by atoms with E-state index in [-0.39, 0.29) is 24.2 Å². The first-order valence-electron chi connectivity index (χ1n) is 6.87. The zero-order valence-electron chi connectivity index (χ0n) is 11.2. The van der Waals surface area contributed by atoms with Crippen LogP contribution in [0.2, 0.25) is 0 Å². The molecule has 2 aliphatic rings. The Balaban J connectivity index is 0.00000147. The van der Waals surface area contributed by atoms with Gasteiger partial charge in [0.05, 0.1) is 11.1 Å². The summed E-state index contributed by atoms with van der Waals surface area (Å²) >= 11 is 0. The highest BCUT2D eigenvalue weighted by atomic mass is 35.5. The fourth-order valence-corrected chi connectivity index (χ4v) is 3.03. The number of imide groups is 1. The second-order valence-electron chi connectivity index (χ2n) is 5.55. The molecule has 1 aliphatic carbocycles. The molecule has 0 radical (unpaired) electrons. The maximum atomic E-state index is 12.2. The number of halogens is 1. The number of hydrogen-bond donors (Lipinski definition) is 1. The lowest BCUT2D eigenvalue weighted by Gasteiger charge is -2.28. The molecule has 1 saturated carbocycles. The Morgan fingerprint density at radius 3 is 2.00 bits per heavy atom. The molecule has 1 aromatic rings. The summed E-state index contributed by atoms with van der Waals surface area (Å²) in [6.07, 6.45) is 4.00. The van der Waals surface area contributed by atoms with Crippen LogP contribution >= 0.6 is 12.4 Å². The standard InChI is InChI=1S/C15H18N2O2.ClH/c16-11-7-5-10(6-8-11)9-17-14(18)12-3-1-2-4-13(12)15(17)19;/h1-4,10-11H,5-9,16H2;1H. The molecule has 2 amide bonds. The summed E-state index contributed by atoms with van der Waals surface area (Å²) < 4.78 is 0. The van der Waals surface area contributed by atoms with E-state index in [0.717, 1.165) is 25.7 Å². The molecule has 1 fully saturated rings. The highest BCUT2D eigenvalue weighted by molar-refractivity contribution is 6.21. The SMILES string of the molecule is Cl.NC1CCC(CN2C(=O)c3ccccc3C2=O)CC1. The van der Waals surface area contributed by atoms with Gasteiger partial charge in [0, 0.05) is 12.6 Å². The Morgan fingerprint density at radius 1 is 1.00 bits per heavy atom. The molecular formula is C15H19ClN2O2. The van der Waals surface area contributed by atoms with Crippen molar-refractivity contribution in [2.24, 2.45) is 11.7 Å². The molecule has 0 bridgehead atoms. The molecule has 0 saturated heterocycles. The van der Waals surface area contributed by atoms with Crippen LogP contribution in [-0.2, 0) is 0 Å². The van der Waals surface area contributed by atoms with Crippen LogP contribution in [0.15, 0.2) is 24.3 Å². The number of benzene rings is 1. The minimum atomic E-state index is -0.143. The molecule has 20 heavy (non-hydrogen) atoms. The molecule has 108 valence electrons. The molecule has 1 aliphatic heterocycles. The predicted octanol–water partition coefficient (Wildman–Crippen LogP) is 2.22. The van der Waals surface area contributed by atoms with Gasteiger partial charge >= 0.3 is 0 Å². The van der Waals surface area contributed by atoms with Gasteiger partial charge in [0.1, 0.15) is 0 Å². The quantitative estimate of drug-likeness (QED) is 0.851. The topological polar surface area (TPSA) is 63.4 Å². The van der Waals surface area contributed by atoms with Crippen LogP contribution in [0.5, 0.6) is 0 Å². The van der Waals surface area contributed by atoms with Gasteiger partial charge in [-0.1, -0.05) is 12.1 Å². The lowest BCUT2D eigenvalue weighted by molar-refractivity contribution is 0.0615. The summed E-state index contributed by atoms with van der Waals surface area (Å²) in [5.41, 5.74) is 6.96. The molecule has 1 heterocycles. The average molecular weight is 295 g/mol. The third-order valence-corrected chi connectivity index (χ3v) is 4.21. The van der Waals surface area contributed by atoms with Crippen molar-refractivity contribution >= 4 is 24.2 Å². The van der Waals surface area contributed by atoms with Crippen molar-refractivity contribution in [2.45, 2.75) is 31.7 Å². The lowest BCUT2D eigenvalue weighted by Crippen LogP contribution is -2.37. The van der Waals surface area contributed by atoms with Crippen LogP contribution in [0.3, 0.4) is 0 Å². The van der Waals surface area contributed by atoms with E-state index in [0.29, 0.717) is 29.6 Å². The van der Waals surface area contributed by atoms with E-state index in [1.165, 1.54) is 4.90 Å². The van der Waals surface area contributed by atoms with Crippen LogP contribution in [0, 0.1) is 5.92 Å². The maximum absolute atomic E-state index is 12.2. The van der Waals surface area contributed by atoms with Crippen molar-refractivity contribution in [1.29, 1.82) is 0 Å². The van der Waals surface area contributed by atoms with Crippen LogP contribution in [0.4, 0.5) is 0 Å². The summed E-state index contributed by atoms with van der Waals surface area (Å²) in [6.45, 7) is 0.541. The molecular weight excluding hydrogens is 276 g/mol. The van der Waals surface area contributed by atoms with Gasteiger partial charge in [-0.3, -0.25) is 14.5 Å². The summed E-state index contributed by atoms with van der Waals surface area (Å²) in [4.78, 5) is 25.9. The Morgan fingerprint density at radius 2 is 1.50 bits per heavy atom. The monoisotopic (exact) mass is 294 g/mol. The molecule has 0 atom stereocenters. The third kappa shape index (κ3) is 2.58. The number of amides is 2. The van der Waals surface area contributed by atoms with Crippen molar-refractivity contribution in [3.63, 3.8) is 0 Å². The molecule has 1 aromatic carbocycles. The van der Waals surface area contributed by atoms with E-state index in [9.17, 15) is 9.59 Å². The second-order valence-corrected chi connectivity index (χ2v) is 5.55.